The van der Waals surface area contributed by atoms with Crippen molar-refractivity contribution in [2.45, 2.75) is 53.6 Å². The molecule has 1 aliphatic heterocycles. The van der Waals surface area contributed by atoms with E-state index in [0.717, 1.165) is 0 Å². The highest BCUT2D eigenvalue weighted by atomic mass is 35.5. The number of halogens is 1. The van der Waals surface area contributed by atoms with E-state index in [1.807, 2.05) is 34.6 Å². The van der Waals surface area contributed by atoms with Gasteiger partial charge in [-0.2, -0.15) is 0 Å². The Balaban J connectivity index is 2.37. The summed E-state index contributed by atoms with van der Waals surface area (Å²) in [6.45, 7) is 11.8. The summed E-state index contributed by atoms with van der Waals surface area (Å²) >= 11 is 7.76. The van der Waals surface area contributed by atoms with Gasteiger partial charge in [-0.3, -0.25) is 14.7 Å². The van der Waals surface area contributed by atoms with Crippen LogP contribution in [0.3, 0.4) is 0 Å². The van der Waals surface area contributed by atoms with Gasteiger partial charge in [-0.25, -0.2) is 4.79 Å². The normalized spacial score (nSPS) is 16.7. The molecule has 0 saturated carbocycles. The molecule has 1 heterocycles. The largest absolute Gasteiger partial charge is 0.490 e. The Hall–Kier alpha value is -2.19. The standard InChI is InChI=1S/C22H29ClN2O5S/c1-7-28-17-10-15(9-16(23)20(17)30-12-19(26)29-8-2)11-18-21(27)25(14(5)6)22(31-18)24-13(3)4/h9-11,13-14H,7-8,12H2,1-6H3/b18-11+,24-22?. The molecule has 1 aliphatic rings. The minimum Gasteiger partial charge on any atom is -0.490 e. The molecule has 0 aromatic heterocycles. The van der Waals surface area contributed by atoms with Gasteiger partial charge in [0.25, 0.3) is 5.91 Å². The maximum Gasteiger partial charge on any atom is 0.344 e. The van der Waals surface area contributed by atoms with Crippen molar-refractivity contribution in [1.82, 2.24) is 4.90 Å². The Morgan fingerprint density at radius 2 is 1.90 bits per heavy atom. The van der Waals surface area contributed by atoms with Crippen molar-refractivity contribution in [1.29, 1.82) is 0 Å². The highest BCUT2D eigenvalue weighted by molar-refractivity contribution is 8.18. The second-order valence-electron chi connectivity index (χ2n) is 7.24. The molecule has 2 rings (SSSR count). The average Bonchev–Trinajstić information content (AvgIpc) is 2.95. The van der Waals surface area contributed by atoms with Crippen molar-refractivity contribution in [3.8, 4) is 11.5 Å². The number of hydrogen-bond acceptors (Lipinski definition) is 7. The predicted molar refractivity (Wildman–Crippen MR) is 125 cm³/mol. The van der Waals surface area contributed by atoms with Gasteiger partial charge < -0.3 is 14.2 Å². The summed E-state index contributed by atoms with van der Waals surface area (Å²) in [5.74, 6) is 0.0513. The zero-order chi connectivity index (χ0) is 23.1. The molecule has 170 valence electrons. The third-order valence-electron chi connectivity index (χ3n) is 3.99. The second-order valence-corrected chi connectivity index (χ2v) is 8.66. The number of esters is 1. The molecule has 0 aliphatic carbocycles. The van der Waals surface area contributed by atoms with E-state index in [2.05, 4.69) is 4.99 Å². The van der Waals surface area contributed by atoms with Gasteiger partial charge in [-0.1, -0.05) is 11.6 Å². The van der Waals surface area contributed by atoms with Crippen LogP contribution in [0.5, 0.6) is 11.5 Å². The lowest BCUT2D eigenvalue weighted by Crippen LogP contribution is -2.35. The van der Waals surface area contributed by atoms with Crippen molar-refractivity contribution < 1.29 is 23.8 Å². The Bertz CT molecular complexity index is 883. The Morgan fingerprint density at radius 3 is 2.48 bits per heavy atom. The highest BCUT2D eigenvalue weighted by Gasteiger charge is 2.35. The number of ether oxygens (including phenoxy) is 3. The third-order valence-corrected chi connectivity index (χ3v) is 5.27. The molecule has 0 atom stereocenters. The number of hydrogen-bond donors (Lipinski definition) is 0. The minimum absolute atomic E-state index is 0.00961. The fourth-order valence-electron chi connectivity index (χ4n) is 2.81. The predicted octanol–water partition coefficient (Wildman–Crippen LogP) is 4.77. The van der Waals surface area contributed by atoms with Crippen molar-refractivity contribution in [3.63, 3.8) is 0 Å². The van der Waals surface area contributed by atoms with Crippen LogP contribution in [0.25, 0.3) is 6.08 Å². The van der Waals surface area contributed by atoms with Crippen molar-refractivity contribution >= 4 is 46.5 Å². The van der Waals surface area contributed by atoms with Gasteiger partial charge in [0.15, 0.2) is 23.3 Å². The Morgan fingerprint density at radius 1 is 1.19 bits per heavy atom. The number of carbonyl (C=O) groups is 2. The van der Waals surface area contributed by atoms with Crippen LogP contribution in [-0.2, 0) is 14.3 Å². The van der Waals surface area contributed by atoms with E-state index in [0.29, 0.717) is 28.0 Å². The number of thioether (sulfide) groups is 1. The summed E-state index contributed by atoms with van der Waals surface area (Å²) < 4.78 is 16.1. The van der Waals surface area contributed by atoms with Gasteiger partial charge in [0.1, 0.15) is 0 Å². The maximum atomic E-state index is 13.0. The Kier molecular flexibility index (Phi) is 9.25. The highest BCUT2D eigenvalue weighted by Crippen LogP contribution is 2.39. The minimum atomic E-state index is -0.495. The molecule has 1 aromatic rings. The summed E-state index contributed by atoms with van der Waals surface area (Å²) in [4.78, 5) is 31.4. The molecule has 0 unspecified atom stereocenters. The first-order valence-electron chi connectivity index (χ1n) is 10.2. The molecule has 31 heavy (non-hydrogen) atoms. The fourth-order valence-corrected chi connectivity index (χ4v) is 4.32. The number of rotatable bonds is 9. The number of nitrogens with zero attached hydrogens (tertiary/aromatic N) is 2. The first kappa shape index (κ1) is 25.1. The van der Waals surface area contributed by atoms with Crippen LogP contribution in [0.4, 0.5) is 0 Å². The molecule has 1 amide bonds. The van der Waals surface area contributed by atoms with Gasteiger partial charge in [0.2, 0.25) is 0 Å². The summed E-state index contributed by atoms with van der Waals surface area (Å²) in [5, 5.41) is 0.959. The summed E-state index contributed by atoms with van der Waals surface area (Å²) in [5.41, 5.74) is 0.683. The zero-order valence-electron chi connectivity index (χ0n) is 18.7. The van der Waals surface area contributed by atoms with Crippen LogP contribution in [0, 0.1) is 0 Å². The second kappa shape index (κ2) is 11.4. The van der Waals surface area contributed by atoms with Crippen LogP contribution in [0.1, 0.15) is 47.1 Å². The van der Waals surface area contributed by atoms with Crippen LogP contribution in [-0.4, -0.2) is 53.8 Å². The van der Waals surface area contributed by atoms with Crippen molar-refractivity contribution in [2.24, 2.45) is 4.99 Å². The fraction of sp³-hybridized carbons (Fsp3) is 0.500. The lowest BCUT2D eigenvalue weighted by molar-refractivity contribution is -0.145. The molecule has 0 N–H and O–H groups in total. The van der Waals surface area contributed by atoms with E-state index < -0.39 is 5.97 Å². The number of carbonyl (C=O) groups excluding carboxylic acids is 2. The lowest BCUT2D eigenvalue weighted by Gasteiger charge is -2.20. The zero-order valence-corrected chi connectivity index (χ0v) is 20.3. The van der Waals surface area contributed by atoms with Crippen LogP contribution < -0.4 is 9.47 Å². The summed E-state index contributed by atoms with van der Waals surface area (Å²) in [6, 6.07) is 3.46. The van der Waals surface area contributed by atoms with Crippen LogP contribution in [0.2, 0.25) is 5.02 Å². The van der Waals surface area contributed by atoms with Crippen LogP contribution >= 0.6 is 23.4 Å². The van der Waals surface area contributed by atoms with E-state index in [-0.39, 0.29) is 42.0 Å². The van der Waals surface area contributed by atoms with E-state index in [9.17, 15) is 9.59 Å². The van der Waals surface area contributed by atoms with Crippen molar-refractivity contribution in [2.75, 3.05) is 19.8 Å². The number of benzene rings is 1. The van der Waals surface area contributed by atoms with Gasteiger partial charge in [0.05, 0.1) is 23.1 Å². The topological polar surface area (TPSA) is 77.4 Å². The van der Waals surface area contributed by atoms with E-state index in [1.54, 1.807) is 30.0 Å². The van der Waals surface area contributed by atoms with Gasteiger partial charge >= 0.3 is 5.97 Å². The van der Waals surface area contributed by atoms with Gasteiger partial charge in [0, 0.05) is 12.1 Å². The van der Waals surface area contributed by atoms with Crippen molar-refractivity contribution in [3.05, 3.63) is 27.6 Å². The molecular formula is C22H29ClN2O5S. The molecule has 0 spiro atoms. The van der Waals surface area contributed by atoms with Gasteiger partial charge in [-0.15, -0.1) is 0 Å². The maximum absolute atomic E-state index is 13.0. The molecule has 0 bridgehead atoms. The van der Waals surface area contributed by atoms with Crippen LogP contribution in [0.15, 0.2) is 22.0 Å². The quantitative estimate of drug-likeness (QED) is 0.383. The number of aliphatic imine (C=N–C) groups is 1. The van der Waals surface area contributed by atoms with E-state index in [1.165, 1.54) is 11.8 Å². The average molecular weight is 469 g/mol. The van der Waals surface area contributed by atoms with E-state index in [4.69, 9.17) is 25.8 Å². The third kappa shape index (κ3) is 6.64. The monoisotopic (exact) mass is 468 g/mol. The molecule has 1 aromatic carbocycles. The lowest BCUT2D eigenvalue weighted by atomic mass is 10.1. The SMILES string of the molecule is CCOC(=O)COc1c(Cl)cc(/C=C2/SC(=NC(C)C)N(C(C)C)C2=O)cc1OCC. The molecule has 7 nitrogen and oxygen atoms in total. The number of amides is 1. The summed E-state index contributed by atoms with van der Waals surface area (Å²) in [7, 11) is 0. The summed E-state index contributed by atoms with van der Waals surface area (Å²) in [6.07, 6.45) is 1.76. The van der Waals surface area contributed by atoms with E-state index >= 15 is 0 Å². The molecule has 0 radical (unpaired) electrons. The Labute approximate surface area is 192 Å². The van der Waals surface area contributed by atoms with Gasteiger partial charge in [-0.05, 0) is 77.1 Å². The first-order valence-corrected chi connectivity index (χ1v) is 11.4. The molecule has 1 saturated heterocycles. The molecule has 1 fully saturated rings. The molecule has 9 heteroatoms. The smallest absolute Gasteiger partial charge is 0.344 e. The number of amidine groups is 1. The first-order chi connectivity index (χ1) is 14.7. The molecular weight excluding hydrogens is 440 g/mol.